The van der Waals surface area contributed by atoms with Crippen LogP contribution in [-0.2, 0) is 4.79 Å². The van der Waals surface area contributed by atoms with Crippen molar-refractivity contribution in [3.8, 4) is 11.5 Å². The van der Waals surface area contributed by atoms with Crippen molar-refractivity contribution in [1.82, 2.24) is 4.90 Å². The second-order valence-electron chi connectivity index (χ2n) is 5.75. The molecule has 1 aliphatic rings. The van der Waals surface area contributed by atoms with Crippen LogP contribution in [0.25, 0.3) is 6.08 Å². The Morgan fingerprint density at radius 3 is 2.46 bits per heavy atom. The number of thioether (sulfide) groups is 1. The standard InChI is InChI=1S/C20H20N2O3S/c1-3-12-22-19(24)18(13-14-4-8-16(23)9-5-14)26-20(22)21-15-6-10-17(25-2)11-7-15/h4-11,13,23H,3,12H2,1-2H3. The number of phenolic OH excluding ortho intramolecular Hbond substituents is 1. The van der Waals surface area contributed by atoms with E-state index in [0.717, 1.165) is 23.4 Å². The van der Waals surface area contributed by atoms with Gasteiger partial charge >= 0.3 is 0 Å². The van der Waals surface area contributed by atoms with Crippen molar-refractivity contribution in [3.63, 3.8) is 0 Å². The largest absolute Gasteiger partial charge is 0.508 e. The molecule has 1 heterocycles. The molecule has 3 rings (SSSR count). The molecule has 0 radical (unpaired) electrons. The predicted molar refractivity (Wildman–Crippen MR) is 106 cm³/mol. The average Bonchev–Trinajstić information content (AvgIpc) is 2.93. The number of aliphatic imine (C=N–C) groups is 1. The van der Waals surface area contributed by atoms with Crippen molar-refractivity contribution in [1.29, 1.82) is 0 Å². The zero-order chi connectivity index (χ0) is 18.5. The van der Waals surface area contributed by atoms with Crippen LogP contribution >= 0.6 is 11.8 Å². The van der Waals surface area contributed by atoms with Gasteiger partial charge in [-0.1, -0.05) is 19.1 Å². The molecule has 1 amide bonds. The number of nitrogens with zero attached hydrogens (tertiary/aromatic N) is 2. The normalized spacial score (nSPS) is 17.3. The van der Waals surface area contributed by atoms with Gasteiger partial charge in [0.15, 0.2) is 5.17 Å². The Morgan fingerprint density at radius 1 is 1.15 bits per heavy atom. The fraction of sp³-hybridized carbons (Fsp3) is 0.200. The Balaban J connectivity index is 1.90. The molecule has 0 unspecified atom stereocenters. The summed E-state index contributed by atoms with van der Waals surface area (Å²) in [7, 11) is 1.62. The third kappa shape index (κ3) is 4.08. The van der Waals surface area contributed by atoms with Crippen molar-refractivity contribution in [2.45, 2.75) is 13.3 Å². The average molecular weight is 368 g/mol. The van der Waals surface area contributed by atoms with E-state index in [1.807, 2.05) is 37.3 Å². The highest BCUT2D eigenvalue weighted by Gasteiger charge is 2.32. The zero-order valence-electron chi connectivity index (χ0n) is 14.7. The molecule has 0 spiro atoms. The Kier molecular flexibility index (Phi) is 5.63. The third-order valence-electron chi connectivity index (χ3n) is 3.82. The number of carbonyl (C=O) groups excluding carboxylic acids is 1. The summed E-state index contributed by atoms with van der Waals surface area (Å²) in [4.78, 5) is 19.7. The Hall–Kier alpha value is -2.73. The van der Waals surface area contributed by atoms with E-state index in [1.54, 1.807) is 36.3 Å². The fourth-order valence-corrected chi connectivity index (χ4v) is 3.53. The minimum atomic E-state index is -0.0443. The van der Waals surface area contributed by atoms with Crippen LogP contribution in [0.5, 0.6) is 11.5 Å². The molecule has 1 N–H and O–H groups in total. The number of amidine groups is 1. The van der Waals surface area contributed by atoms with E-state index in [1.165, 1.54) is 11.8 Å². The molecule has 1 fully saturated rings. The Bertz CT molecular complexity index is 842. The van der Waals surface area contributed by atoms with Gasteiger partial charge in [0.05, 0.1) is 17.7 Å². The van der Waals surface area contributed by atoms with Crippen molar-refractivity contribution in [2.24, 2.45) is 4.99 Å². The van der Waals surface area contributed by atoms with Crippen molar-refractivity contribution in [2.75, 3.05) is 13.7 Å². The van der Waals surface area contributed by atoms with Crippen LogP contribution in [0.3, 0.4) is 0 Å². The molecular formula is C20H20N2O3S. The maximum atomic E-state index is 12.8. The molecule has 0 saturated carbocycles. The van der Waals surface area contributed by atoms with E-state index in [9.17, 15) is 9.90 Å². The number of hydrogen-bond donors (Lipinski definition) is 1. The van der Waals surface area contributed by atoms with Gasteiger partial charge in [-0.2, -0.15) is 0 Å². The summed E-state index contributed by atoms with van der Waals surface area (Å²) in [6, 6.07) is 14.2. The van der Waals surface area contributed by atoms with Crippen LogP contribution in [0.4, 0.5) is 5.69 Å². The molecule has 134 valence electrons. The fourth-order valence-electron chi connectivity index (χ4n) is 2.50. The monoisotopic (exact) mass is 368 g/mol. The first kappa shape index (κ1) is 18.1. The number of carbonyl (C=O) groups is 1. The van der Waals surface area contributed by atoms with Gasteiger partial charge in [-0.15, -0.1) is 0 Å². The number of rotatable bonds is 5. The summed E-state index contributed by atoms with van der Waals surface area (Å²) in [6.07, 6.45) is 2.67. The molecule has 2 aromatic rings. The number of aromatic hydroxyl groups is 1. The third-order valence-corrected chi connectivity index (χ3v) is 4.83. The summed E-state index contributed by atoms with van der Waals surface area (Å²) >= 11 is 1.36. The summed E-state index contributed by atoms with van der Waals surface area (Å²) < 4.78 is 5.16. The summed E-state index contributed by atoms with van der Waals surface area (Å²) in [5.41, 5.74) is 1.63. The van der Waals surface area contributed by atoms with E-state index >= 15 is 0 Å². The van der Waals surface area contributed by atoms with Crippen LogP contribution in [0, 0.1) is 0 Å². The molecule has 2 aromatic carbocycles. The first-order valence-corrected chi connectivity index (χ1v) is 9.15. The van der Waals surface area contributed by atoms with Crippen LogP contribution in [-0.4, -0.2) is 34.7 Å². The summed E-state index contributed by atoms with van der Waals surface area (Å²) in [5.74, 6) is 0.923. The molecule has 1 aliphatic heterocycles. The molecule has 0 aromatic heterocycles. The number of phenols is 1. The number of hydrogen-bond acceptors (Lipinski definition) is 5. The SMILES string of the molecule is CCCN1C(=O)C(=Cc2ccc(O)cc2)SC1=Nc1ccc(OC)cc1. The molecule has 26 heavy (non-hydrogen) atoms. The highest BCUT2D eigenvalue weighted by atomic mass is 32.2. The maximum Gasteiger partial charge on any atom is 0.266 e. The second kappa shape index (κ2) is 8.10. The van der Waals surface area contributed by atoms with Gasteiger partial charge in [0.2, 0.25) is 0 Å². The molecule has 5 nitrogen and oxygen atoms in total. The number of amides is 1. The van der Waals surface area contributed by atoms with E-state index in [2.05, 4.69) is 4.99 Å². The number of benzene rings is 2. The predicted octanol–water partition coefficient (Wildman–Crippen LogP) is 4.41. The molecule has 1 saturated heterocycles. The molecule has 0 atom stereocenters. The van der Waals surface area contributed by atoms with Crippen molar-refractivity contribution >= 4 is 34.6 Å². The zero-order valence-corrected chi connectivity index (χ0v) is 15.5. The van der Waals surface area contributed by atoms with Crippen LogP contribution in [0.15, 0.2) is 58.4 Å². The van der Waals surface area contributed by atoms with Gasteiger partial charge in [0.25, 0.3) is 5.91 Å². The number of methoxy groups -OCH3 is 1. The van der Waals surface area contributed by atoms with Gasteiger partial charge in [0, 0.05) is 6.54 Å². The van der Waals surface area contributed by atoms with Crippen LogP contribution < -0.4 is 4.74 Å². The quantitative estimate of drug-likeness (QED) is 0.794. The highest BCUT2D eigenvalue weighted by molar-refractivity contribution is 8.18. The van der Waals surface area contributed by atoms with Gasteiger partial charge in [-0.3, -0.25) is 9.69 Å². The second-order valence-corrected chi connectivity index (χ2v) is 6.76. The lowest BCUT2D eigenvalue weighted by atomic mass is 10.2. The Labute approximate surface area is 157 Å². The van der Waals surface area contributed by atoms with Crippen LogP contribution in [0.1, 0.15) is 18.9 Å². The smallest absolute Gasteiger partial charge is 0.266 e. The van der Waals surface area contributed by atoms with Gasteiger partial charge in [0.1, 0.15) is 11.5 Å². The van der Waals surface area contributed by atoms with Gasteiger partial charge < -0.3 is 9.84 Å². The lowest BCUT2D eigenvalue weighted by Crippen LogP contribution is -2.29. The van der Waals surface area contributed by atoms with E-state index < -0.39 is 0 Å². The molecular weight excluding hydrogens is 348 g/mol. The van der Waals surface area contributed by atoms with E-state index in [4.69, 9.17) is 4.74 Å². The van der Waals surface area contributed by atoms with E-state index in [0.29, 0.717) is 16.6 Å². The molecule has 0 bridgehead atoms. The minimum absolute atomic E-state index is 0.0443. The highest BCUT2D eigenvalue weighted by Crippen LogP contribution is 2.34. The first-order valence-electron chi connectivity index (χ1n) is 8.34. The van der Waals surface area contributed by atoms with E-state index in [-0.39, 0.29) is 11.7 Å². The van der Waals surface area contributed by atoms with Gasteiger partial charge in [-0.25, -0.2) is 4.99 Å². The lowest BCUT2D eigenvalue weighted by Gasteiger charge is -2.14. The maximum absolute atomic E-state index is 12.8. The minimum Gasteiger partial charge on any atom is -0.508 e. The topological polar surface area (TPSA) is 62.1 Å². The summed E-state index contributed by atoms with van der Waals surface area (Å²) in [5, 5.41) is 10.1. The van der Waals surface area contributed by atoms with Gasteiger partial charge in [-0.05, 0) is 66.2 Å². The molecule has 0 aliphatic carbocycles. The van der Waals surface area contributed by atoms with Crippen molar-refractivity contribution < 1.29 is 14.6 Å². The number of ether oxygens (including phenoxy) is 1. The lowest BCUT2D eigenvalue weighted by molar-refractivity contribution is -0.122. The van der Waals surface area contributed by atoms with Crippen LogP contribution in [0.2, 0.25) is 0 Å². The molecule has 6 heteroatoms. The van der Waals surface area contributed by atoms with Crippen molar-refractivity contribution in [3.05, 3.63) is 59.0 Å². The first-order chi connectivity index (χ1) is 12.6. The summed E-state index contributed by atoms with van der Waals surface area (Å²) in [6.45, 7) is 2.65. The Morgan fingerprint density at radius 2 is 1.85 bits per heavy atom.